The molecule has 2 heterocycles. The van der Waals surface area contributed by atoms with Crippen molar-refractivity contribution >= 4 is 11.3 Å². The van der Waals surface area contributed by atoms with Crippen molar-refractivity contribution in [2.24, 2.45) is 0 Å². The number of benzene rings is 1. The van der Waals surface area contributed by atoms with Crippen LogP contribution in [0.4, 0.5) is 0 Å². The molecule has 1 N–H and O–H groups in total. The molecule has 1 saturated heterocycles. The molecule has 0 amide bonds. The van der Waals surface area contributed by atoms with E-state index in [1.54, 1.807) is 11.3 Å². The van der Waals surface area contributed by atoms with Crippen LogP contribution >= 0.6 is 11.3 Å². The molecule has 0 bridgehead atoms. The highest BCUT2D eigenvalue weighted by Crippen LogP contribution is 2.26. The van der Waals surface area contributed by atoms with Gasteiger partial charge >= 0.3 is 0 Å². The van der Waals surface area contributed by atoms with Gasteiger partial charge in [-0.1, -0.05) is 30.3 Å². The Balaban J connectivity index is 1.68. The van der Waals surface area contributed by atoms with Crippen LogP contribution in [-0.4, -0.2) is 34.2 Å². The van der Waals surface area contributed by atoms with E-state index in [1.165, 1.54) is 10.4 Å². The molecule has 0 aliphatic carbocycles. The minimum atomic E-state index is -0.157. The predicted octanol–water partition coefficient (Wildman–Crippen LogP) is 2.77. The summed E-state index contributed by atoms with van der Waals surface area (Å²) in [4.78, 5) is 8.09. The summed E-state index contributed by atoms with van der Waals surface area (Å²) in [6.07, 6.45) is 3.84. The number of aromatic nitrogens is 1. The Morgan fingerprint density at radius 1 is 1.32 bits per heavy atom. The lowest BCUT2D eigenvalue weighted by molar-refractivity contribution is 0.0673. The van der Waals surface area contributed by atoms with E-state index < -0.39 is 0 Å². The largest absolute Gasteiger partial charge is 0.392 e. The average molecular weight is 274 g/mol. The maximum Gasteiger partial charge on any atom is 0.123 e. The van der Waals surface area contributed by atoms with Gasteiger partial charge in [-0.3, -0.25) is 4.90 Å². The van der Waals surface area contributed by atoms with E-state index in [0.717, 1.165) is 37.5 Å². The molecule has 19 heavy (non-hydrogen) atoms. The number of hydrogen-bond donors (Lipinski definition) is 1. The van der Waals surface area contributed by atoms with Crippen molar-refractivity contribution in [3.8, 4) is 10.6 Å². The van der Waals surface area contributed by atoms with Crippen molar-refractivity contribution < 1.29 is 5.11 Å². The molecule has 1 aliphatic heterocycles. The predicted molar refractivity (Wildman–Crippen MR) is 78.1 cm³/mol. The van der Waals surface area contributed by atoms with Crippen LogP contribution < -0.4 is 0 Å². The lowest BCUT2D eigenvalue weighted by Gasteiger charge is -2.29. The minimum Gasteiger partial charge on any atom is -0.392 e. The summed E-state index contributed by atoms with van der Waals surface area (Å²) in [5.41, 5.74) is 1.18. The Morgan fingerprint density at radius 2 is 2.16 bits per heavy atom. The van der Waals surface area contributed by atoms with Crippen LogP contribution in [-0.2, 0) is 6.54 Å². The number of thiazole rings is 1. The number of piperidine rings is 1. The van der Waals surface area contributed by atoms with E-state index in [9.17, 15) is 5.11 Å². The maximum atomic E-state index is 9.69. The molecule has 2 aromatic rings. The number of aliphatic hydroxyl groups is 1. The molecule has 3 nitrogen and oxygen atoms in total. The van der Waals surface area contributed by atoms with Gasteiger partial charge in [0.15, 0.2) is 0 Å². The van der Waals surface area contributed by atoms with Crippen LogP contribution in [0.3, 0.4) is 0 Å². The summed E-state index contributed by atoms with van der Waals surface area (Å²) in [5, 5.41) is 10.8. The van der Waals surface area contributed by atoms with Crippen molar-refractivity contribution in [2.45, 2.75) is 25.5 Å². The highest BCUT2D eigenvalue weighted by atomic mass is 32.1. The fraction of sp³-hybridized carbons (Fsp3) is 0.400. The first-order valence-electron chi connectivity index (χ1n) is 6.72. The third kappa shape index (κ3) is 3.21. The first-order chi connectivity index (χ1) is 9.31. The average Bonchev–Trinajstić information content (AvgIpc) is 2.88. The summed E-state index contributed by atoms with van der Waals surface area (Å²) >= 11 is 1.75. The highest BCUT2D eigenvalue weighted by Gasteiger charge is 2.18. The zero-order valence-corrected chi connectivity index (χ0v) is 11.6. The van der Waals surface area contributed by atoms with Gasteiger partial charge in [-0.25, -0.2) is 4.98 Å². The summed E-state index contributed by atoms with van der Waals surface area (Å²) in [6, 6.07) is 10.3. The second-order valence-electron chi connectivity index (χ2n) is 5.03. The van der Waals surface area contributed by atoms with Crippen molar-refractivity contribution in [3.05, 3.63) is 41.4 Å². The standard InChI is InChI=1S/C15H18N2OS/c18-13-7-4-8-17(10-13)11-14-9-16-15(19-14)12-5-2-1-3-6-12/h1-3,5-6,9,13,18H,4,7-8,10-11H2. The molecule has 3 rings (SSSR count). The third-order valence-electron chi connectivity index (χ3n) is 3.43. The molecule has 0 saturated carbocycles. The first-order valence-corrected chi connectivity index (χ1v) is 7.53. The van der Waals surface area contributed by atoms with Gasteiger partial charge in [-0.2, -0.15) is 0 Å². The molecular weight excluding hydrogens is 256 g/mol. The Kier molecular flexibility index (Phi) is 3.92. The van der Waals surface area contributed by atoms with Gasteiger partial charge < -0.3 is 5.11 Å². The molecule has 100 valence electrons. The summed E-state index contributed by atoms with van der Waals surface area (Å²) in [5.74, 6) is 0. The fourth-order valence-electron chi connectivity index (χ4n) is 2.49. The van der Waals surface area contributed by atoms with E-state index in [-0.39, 0.29) is 6.10 Å². The zero-order valence-electron chi connectivity index (χ0n) is 10.8. The number of aliphatic hydroxyl groups excluding tert-OH is 1. The van der Waals surface area contributed by atoms with Crippen molar-refractivity contribution in [3.63, 3.8) is 0 Å². The van der Waals surface area contributed by atoms with Crippen LogP contribution in [0.1, 0.15) is 17.7 Å². The zero-order chi connectivity index (χ0) is 13.1. The van der Waals surface area contributed by atoms with Crippen molar-refractivity contribution in [1.82, 2.24) is 9.88 Å². The molecule has 4 heteroatoms. The summed E-state index contributed by atoms with van der Waals surface area (Å²) in [7, 11) is 0. The van der Waals surface area contributed by atoms with Crippen molar-refractivity contribution in [2.75, 3.05) is 13.1 Å². The van der Waals surface area contributed by atoms with Gasteiger partial charge in [-0.15, -0.1) is 11.3 Å². The molecule has 1 aromatic carbocycles. The molecule has 0 spiro atoms. The number of nitrogens with zero attached hydrogens (tertiary/aromatic N) is 2. The normalized spacial score (nSPS) is 20.6. The smallest absolute Gasteiger partial charge is 0.123 e. The Hall–Kier alpha value is -1.23. The monoisotopic (exact) mass is 274 g/mol. The van der Waals surface area contributed by atoms with Gasteiger partial charge in [-0.05, 0) is 19.4 Å². The molecule has 0 radical (unpaired) electrons. The van der Waals surface area contributed by atoms with Crippen molar-refractivity contribution in [1.29, 1.82) is 0 Å². The minimum absolute atomic E-state index is 0.157. The molecular formula is C15H18N2OS. The highest BCUT2D eigenvalue weighted by molar-refractivity contribution is 7.15. The summed E-state index contributed by atoms with van der Waals surface area (Å²) < 4.78 is 0. The topological polar surface area (TPSA) is 36.4 Å². The lowest BCUT2D eigenvalue weighted by atomic mass is 10.1. The maximum absolute atomic E-state index is 9.69. The van der Waals surface area contributed by atoms with E-state index in [1.807, 2.05) is 24.4 Å². The molecule has 1 unspecified atom stereocenters. The van der Waals surface area contributed by atoms with E-state index in [4.69, 9.17) is 0 Å². The molecule has 1 aliphatic rings. The van der Waals surface area contributed by atoms with Gasteiger partial charge in [0.25, 0.3) is 0 Å². The number of β-amino-alcohol motifs (C(OH)–C–C–N with tert-alkyl or cyclic N) is 1. The van der Waals surface area contributed by atoms with Gasteiger partial charge in [0.1, 0.15) is 5.01 Å². The number of likely N-dealkylation sites (tertiary alicyclic amines) is 1. The Bertz CT molecular complexity index is 526. The van der Waals surface area contributed by atoms with E-state index >= 15 is 0 Å². The van der Waals surface area contributed by atoms with Crippen LogP contribution in [0.15, 0.2) is 36.5 Å². The van der Waals surface area contributed by atoms with Gasteiger partial charge in [0, 0.05) is 29.7 Å². The molecule has 1 atom stereocenters. The quantitative estimate of drug-likeness (QED) is 0.935. The second kappa shape index (κ2) is 5.82. The number of hydrogen-bond acceptors (Lipinski definition) is 4. The van der Waals surface area contributed by atoms with Gasteiger partial charge in [0.05, 0.1) is 6.10 Å². The lowest BCUT2D eigenvalue weighted by Crippen LogP contribution is -2.37. The molecule has 1 fully saturated rings. The van der Waals surface area contributed by atoms with Crippen LogP contribution in [0.2, 0.25) is 0 Å². The summed E-state index contributed by atoms with van der Waals surface area (Å²) in [6.45, 7) is 2.77. The Morgan fingerprint density at radius 3 is 2.95 bits per heavy atom. The molecule has 1 aromatic heterocycles. The van der Waals surface area contributed by atoms with Crippen LogP contribution in [0.5, 0.6) is 0 Å². The first kappa shape index (κ1) is 12.8. The second-order valence-corrected chi connectivity index (χ2v) is 6.14. The third-order valence-corrected chi connectivity index (χ3v) is 4.47. The van der Waals surface area contributed by atoms with Crippen LogP contribution in [0, 0.1) is 0 Å². The fourth-order valence-corrected chi connectivity index (χ4v) is 3.45. The van der Waals surface area contributed by atoms with Gasteiger partial charge in [0.2, 0.25) is 0 Å². The number of rotatable bonds is 3. The SMILES string of the molecule is OC1CCCN(Cc2cnc(-c3ccccc3)s2)C1. The van der Waals surface area contributed by atoms with Crippen LogP contribution in [0.25, 0.3) is 10.6 Å². The van der Waals surface area contributed by atoms with E-state index in [2.05, 4.69) is 22.0 Å². The van der Waals surface area contributed by atoms with E-state index in [0.29, 0.717) is 0 Å². The Labute approximate surface area is 117 Å².